The van der Waals surface area contributed by atoms with Gasteiger partial charge < -0.3 is 10.1 Å². The summed E-state index contributed by atoms with van der Waals surface area (Å²) in [6, 6.07) is 19.8. The van der Waals surface area contributed by atoms with Gasteiger partial charge in [-0.05, 0) is 36.2 Å². The molecule has 3 rings (SSSR count). The van der Waals surface area contributed by atoms with Gasteiger partial charge >= 0.3 is 0 Å². The van der Waals surface area contributed by atoms with Gasteiger partial charge in [0.25, 0.3) is 0 Å². The SMILES string of the molecule is COc1ccccc1-c1ccc(C(C)NCc2c(F)cccc2F)cc1. The molecule has 134 valence electrons. The van der Waals surface area contributed by atoms with Gasteiger partial charge in [-0.25, -0.2) is 8.78 Å². The second-order valence-corrected chi connectivity index (χ2v) is 6.13. The first-order valence-electron chi connectivity index (χ1n) is 8.49. The zero-order valence-electron chi connectivity index (χ0n) is 14.8. The molecule has 0 spiro atoms. The van der Waals surface area contributed by atoms with E-state index in [1.807, 2.05) is 55.5 Å². The Labute approximate surface area is 152 Å². The quantitative estimate of drug-likeness (QED) is 0.632. The lowest BCUT2D eigenvalue weighted by atomic mass is 10.0. The van der Waals surface area contributed by atoms with Crippen molar-refractivity contribution < 1.29 is 13.5 Å². The van der Waals surface area contributed by atoms with Crippen LogP contribution in [0.15, 0.2) is 66.7 Å². The van der Waals surface area contributed by atoms with E-state index in [1.165, 1.54) is 18.2 Å². The lowest BCUT2D eigenvalue weighted by molar-refractivity contribution is 0.416. The molecule has 1 unspecified atom stereocenters. The first kappa shape index (κ1) is 18.1. The Morgan fingerprint density at radius 2 is 1.54 bits per heavy atom. The van der Waals surface area contributed by atoms with Gasteiger partial charge in [0.2, 0.25) is 0 Å². The molecule has 0 heterocycles. The normalized spacial score (nSPS) is 12.0. The van der Waals surface area contributed by atoms with Crippen LogP contribution in [0.1, 0.15) is 24.1 Å². The summed E-state index contributed by atoms with van der Waals surface area (Å²) in [5.41, 5.74) is 3.18. The van der Waals surface area contributed by atoms with E-state index in [0.717, 1.165) is 22.4 Å². The van der Waals surface area contributed by atoms with Crippen LogP contribution in [-0.4, -0.2) is 7.11 Å². The number of nitrogens with one attached hydrogen (secondary N) is 1. The Morgan fingerprint density at radius 1 is 0.885 bits per heavy atom. The maximum absolute atomic E-state index is 13.7. The van der Waals surface area contributed by atoms with Gasteiger partial charge in [0.05, 0.1) is 7.11 Å². The molecule has 0 bridgehead atoms. The van der Waals surface area contributed by atoms with Crippen LogP contribution >= 0.6 is 0 Å². The average Bonchev–Trinajstić information content (AvgIpc) is 2.67. The Balaban J connectivity index is 1.72. The van der Waals surface area contributed by atoms with E-state index >= 15 is 0 Å². The molecule has 0 radical (unpaired) electrons. The highest BCUT2D eigenvalue weighted by Gasteiger charge is 2.11. The highest BCUT2D eigenvalue weighted by Crippen LogP contribution is 2.30. The second-order valence-electron chi connectivity index (χ2n) is 6.13. The van der Waals surface area contributed by atoms with E-state index in [1.54, 1.807) is 7.11 Å². The molecule has 3 aromatic carbocycles. The Kier molecular flexibility index (Phi) is 5.64. The number of ether oxygens (including phenoxy) is 1. The molecule has 0 aliphatic carbocycles. The second kappa shape index (κ2) is 8.11. The van der Waals surface area contributed by atoms with Crippen molar-refractivity contribution in [2.45, 2.75) is 19.5 Å². The van der Waals surface area contributed by atoms with Crippen LogP contribution in [0.2, 0.25) is 0 Å². The summed E-state index contributed by atoms with van der Waals surface area (Å²) in [4.78, 5) is 0. The largest absolute Gasteiger partial charge is 0.496 e. The third-order valence-corrected chi connectivity index (χ3v) is 4.48. The predicted octanol–water partition coefficient (Wildman–Crippen LogP) is 5.49. The molecule has 0 amide bonds. The first-order chi connectivity index (χ1) is 12.6. The summed E-state index contributed by atoms with van der Waals surface area (Å²) in [6.07, 6.45) is 0. The topological polar surface area (TPSA) is 21.3 Å². The number of hydrogen-bond donors (Lipinski definition) is 1. The van der Waals surface area contributed by atoms with Gasteiger partial charge in [-0.3, -0.25) is 0 Å². The van der Waals surface area contributed by atoms with Gasteiger partial charge in [-0.2, -0.15) is 0 Å². The number of para-hydroxylation sites is 1. The van der Waals surface area contributed by atoms with Crippen LogP contribution in [-0.2, 0) is 6.54 Å². The summed E-state index contributed by atoms with van der Waals surface area (Å²) in [7, 11) is 1.65. The standard InChI is InChI=1S/C22H21F2NO/c1-15(25-14-19-20(23)7-5-8-21(19)24)16-10-12-17(13-11-16)18-6-3-4-9-22(18)26-2/h3-13,15,25H,14H2,1-2H3. The van der Waals surface area contributed by atoms with Crippen LogP contribution in [0.3, 0.4) is 0 Å². The number of hydrogen-bond acceptors (Lipinski definition) is 2. The molecule has 0 fully saturated rings. The van der Waals surface area contributed by atoms with Crippen LogP contribution in [0.25, 0.3) is 11.1 Å². The zero-order valence-corrected chi connectivity index (χ0v) is 14.8. The minimum Gasteiger partial charge on any atom is -0.496 e. The maximum Gasteiger partial charge on any atom is 0.130 e. The average molecular weight is 353 g/mol. The minimum absolute atomic E-state index is 0.0410. The van der Waals surface area contributed by atoms with Gasteiger partial charge in [0.15, 0.2) is 0 Å². The predicted molar refractivity (Wildman–Crippen MR) is 100 cm³/mol. The summed E-state index contributed by atoms with van der Waals surface area (Å²) < 4.78 is 32.9. The molecule has 4 heteroatoms. The smallest absolute Gasteiger partial charge is 0.130 e. The molecule has 2 nitrogen and oxygen atoms in total. The molecule has 1 atom stereocenters. The Hall–Kier alpha value is -2.72. The van der Waals surface area contributed by atoms with Gasteiger partial charge in [-0.1, -0.05) is 48.5 Å². The lowest BCUT2D eigenvalue weighted by Crippen LogP contribution is -2.19. The minimum atomic E-state index is -0.531. The number of benzene rings is 3. The Bertz CT molecular complexity index is 857. The van der Waals surface area contributed by atoms with E-state index in [-0.39, 0.29) is 18.2 Å². The summed E-state index contributed by atoms with van der Waals surface area (Å²) in [5, 5.41) is 3.17. The van der Waals surface area contributed by atoms with Crippen molar-refractivity contribution in [1.29, 1.82) is 0 Å². The number of halogens is 2. The zero-order chi connectivity index (χ0) is 18.5. The van der Waals surface area contributed by atoms with Crippen molar-refractivity contribution in [2.75, 3.05) is 7.11 Å². The molecule has 0 saturated carbocycles. The molecule has 1 N–H and O–H groups in total. The van der Waals surface area contributed by atoms with Crippen LogP contribution in [0, 0.1) is 11.6 Å². The molecule has 0 aliphatic heterocycles. The number of methoxy groups -OCH3 is 1. The van der Waals surface area contributed by atoms with Crippen molar-refractivity contribution in [3.8, 4) is 16.9 Å². The van der Waals surface area contributed by atoms with Crippen LogP contribution in [0.5, 0.6) is 5.75 Å². The summed E-state index contributed by atoms with van der Waals surface area (Å²) in [6.45, 7) is 2.10. The van der Waals surface area contributed by atoms with E-state index in [9.17, 15) is 8.78 Å². The maximum atomic E-state index is 13.7. The monoisotopic (exact) mass is 353 g/mol. The fourth-order valence-corrected chi connectivity index (χ4v) is 2.91. The Morgan fingerprint density at radius 3 is 2.19 bits per heavy atom. The van der Waals surface area contributed by atoms with Gasteiger partial charge in [-0.15, -0.1) is 0 Å². The third kappa shape index (κ3) is 3.92. The fraction of sp³-hybridized carbons (Fsp3) is 0.182. The number of rotatable bonds is 6. The molecule has 0 aromatic heterocycles. The van der Waals surface area contributed by atoms with E-state index in [2.05, 4.69) is 5.32 Å². The van der Waals surface area contributed by atoms with Crippen molar-refractivity contribution >= 4 is 0 Å². The fourth-order valence-electron chi connectivity index (χ4n) is 2.91. The molecule has 26 heavy (non-hydrogen) atoms. The summed E-state index contributed by atoms with van der Waals surface area (Å²) in [5.74, 6) is -0.242. The molecule has 0 saturated heterocycles. The van der Waals surface area contributed by atoms with E-state index in [0.29, 0.717) is 0 Å². The molecule has 0 aliphatic rings. The molecular weight excluding hydrogens is 332 g/mol. The lowest BCUT2D eigenvalue weighted by Gasteiger charge is -2.16. The van der Waals surface area contributed by atoms with Crippen LogP contribution < -0.4 is 10.1 Å². The van der Waals surface area contributed by atoms with Gasteiger partial charge in [0, 0.05) is 23.7 Å². The molecule has 3 aromatic rings. The van der Waals surface area contributed by atoms with E-state index < -0.39 is 11.6 Å². The van der Waals surface area contributed by atoms with Crippen LogP contribution in [0.4, 0.5) is 8.78 Å². The molecular formula is C22H21F2NO. The van der Waals surface area contributed by atoms with Gasteiger partial charge in [0.1, 0.15) is 17.4 Å². The first-order valence-corrected chi connectivity index (χ1v) is 8.49. The van der Waals surface area contributed by atoms with Crippen molar-refractivity contribution in [2.24, 2.45) is 0 Å². The highest BCUT2D eigenvalue weighted by molar-refractivity contribution is 5.70. The third-order valence-electron chi connectivity index (χ3n) is 4.48. The van der Waals surface area contributed by atoms with Crippen molar-refractivity contribution in [3.63, 3.8) is 0 Å². The van der Waals surface area contributed by atoms with Crippen molar-refractivity contribution in [3.05, 3.63) is 89.5 Å². The summed E-state index contributed by atoms with van der Waals surface area (Å²) >= 11 is 0. The highest BCUT2D eigenvalue weighted by atomic mass is 19.1. The van der Waals surface area contributed by atoms with Crippen molar-refractivity contribution in [1.82, 2.24) is 5.32 Å². The van der Waals surface area contributed by atoms with E-state index in [4.69, 9.17) is 4.74 Å².